The van der Waals surface area contributed by atoms with Crippen LogP contribution >= 0.6 is 0 Å². The average molecular weight is 154 g/mol. The Kier molecular flexibility index (Phi) is 2.77. The van der Waals surface area contributed by atoms with Gasteiger partial charge in [0.1, 0.15) is 12.4 Å². The van der Waals surface area contributed by atoms with E-state index in [4.69, 9.17) is 4.74 Å². The Morgan fingerprint density at radius 2 is 2.64 bits per heavy atom. The van der Waals surface area contributed by atoms with Gasteiger partial charge >= 0.3 is 5.97 Å². The van der Waals surface area contributed by atoms with E-state index in [1.54, 1.807) is 13.1 Å². The molecule has 1 rings (SSSR count). The molecule has 4 nitrogen and oxygen atoms in total. The molecule has 0 amide bonds. The van der Waals surface area contributed by atoms with Gasteiger partial charge in [-0.05, 0) is 6.92 Å². The van der Waals surface area contributed by atoms with Gasteiger partial charge in [-0.15, -0.1) is 0 Å². The fourth-order valence-corrected chi connectivity index (χ4v) is 0.762. The highest BCUT2D eigenvalue weighted by molar-refractivity contribution is 6.39. The molecule has 0 bridgehead atoms. The van der Waals surface area contributed by atoms with Crippen LogP contribution in [0.15, 0.2) is 9.98 Å². The summed E-state index contributed by atoms with van der Waals surface area (Å²) in [6.07, 6.45) is 2.18. The molecule has 0 N–H and O–H groups in total. The van der Waals surface area contributed by atoms with Gasteiger partial charge in [0, 0.05) is 12.6 Å². The average Bonchev–Trinajstić information content (AvgIpc) is 2.07. The summed E-state index contributed by atoms with van der Waals surface area (Å²) in [5.41, 5.74) is 0.474. The van der Waals surface area contributed by atoms with E-state index in [1.165, 1.54) is 0 Å². The van der Waals surface area contributed by atoms with Crippen LogP contribution in [0, 0.1) is 0 Å². The molecule has 0 saturated carbocycles. The zero-order valence-corrected chi connectivity index (χ0v) is 6.41. The molecule has 1 aliphatic heterocycles. The van der Waals surface area contributed by atoms with Gasteiger partial charge in [0.25, 0.3) is 0 Å². The van der Waals surface area contributed by atoms with Crippen LogP contribution in [0.5, 0.6) is 0 Å². The van der Waals surface area contributed by atoms with Crippen LogP contribution in [0.4, 0.5) is 0 Å². The van der Waals surface area contributed by atoms with E-state index in [-0.39, 0.29) is 5.97 Å². The van der Waals surface area contributed by atoms with Crippen molar-refractivity contribution in [3.05, 3.63) is 0 Å². The van der Waals surface area contributed by atoms with Crippen LogP contribution < -0.4 is 0 Å². The second-order valence-electron chi connectivity index (χ2n) is 2.04. The highest BCUT2D eigenvalue weighted by Gasteiger charge is 2.11. The minimum Gasteiger partial charge on any atom is -0.462 e. The summed E-state index contributed by atoms with van der Waals surface area (Å²) in [7, 11) is 0. The Morgan fingerprint density at radius 3 is 3.18 bits per heavy atom. The molecule has 11 heavy (non-hydrogen) atoms. The van der Waals surface area contributed by atoms with E-state index in [1.807, 2.05) is 0 Å². The molecule has 0 saturated heterocycles. The van der Waals surface area contributed by atoms with E-state index in [0.29, 0.717) is 25.4 Å². The van der Waals surface area contributed by atoms with Crippen LogP contribution in [-0.4, -0.2) is 31.2 Å². The zero-order chi connectivity index (χ0) is 8.10. The van der Waals surface area contributed by atoms with Crippen molar-refractivity contribution < 1.29 is 9.53 Å². The highest BCUT2D eigenvalue weighted by Crippen LogP contribution is 1.95. The molecule has 0 radical (unpaired) electrons. The fraction of sp³-hybridized carbons (Fsp3) is 0.571. The van der Waals surface area contributed by atoms with Crippen LogP contribution in [0.3, 0.4) is 0 Å². The maximum Gasteiger partial charge on any atom is 0.352 e. The maximum absolute atomic E-state index is 11.0. The van der Waals surface area contributed by atoms with Crippen molar-refractivity contribution in [1.29, 1.82) is 0 Å². The SMILES string of the molecule is CCOC(=O)C1=NCN=CC1. The summed E-state index contributed by atoms with van der Waals surface area (Å²) in [4.78, 5) is 18.7. The van der Waals surface area contributed by atoms with Crippen LogP contribution in [0.1, 0.15) is 13.3 Å². The molecule has 4 heteroatoms. The Morgan fingerprint density at radius 1 is 1.82 bits per heavy atom. The zero-order valence-electron chi connectivity index (χ0n) is 6.41. The van der Waals surface area contributed by atoms with E-state index in [0.717, 1.165) is 0 Å². The third-order valence-electron chi connectivity index (χ3n) is 1.27. The molecule has 0 spiro atoms. The van der Waals surface area contributed by atoms with Gasteiger partial charge in [-0.3, -0.25) is 9.98 Å². The molecule has 0 unspecified atom stereocenters. The third-order valence-corrected chi connectivity index (χ3v) is 1.27. The number of hydrogen-bond donors (Lipinski definition) is 0. The molecular formula is C7H10N2O2. The minimum absolute atomic E-state index is 0.321. The van der Waals surface area contributed by atoms with Gasteiger partial charge in [-0.25, -0.2) is 4.79 Å². The van der Waals surface area contributed by atoms with Gasteiger partial charge in [-0.2, -0.15) is 0 Å². The van der Waals surface area contributed by atoms with Crippen molar-refractivity contribution >= 4 is 17.9 Å². The quantitative estimate of drug-likeness (QED) is 0.541. The Hall–Kier alpha value is -1.19. The van der Waals surface area contributed by atoms with Crippen molar-refractivity contribution in [3.63, 3.8) is 0 Å². The summed E-state index contributed by atoms with van der Waals surface area (Å²) in [6, 6.07) is 0. The van der Waals surface area contributed by atoms with Crippen molar-refractivity contribution in [3.8, 4) is 0 Å². The van der Waals surface area contributed by atoms with Crippen molar-refractivity contribution in [1.82, 2.24) is 0 Å². The molecule has 0 aliphatic carbocycles. The molecule has 0 aromatic rings. The molecule has 0 aromatic carbocycles. The number of carbonyl (C=O) groups excluding carboxylic acids is 1. The summed E-state index contributed by atoms with van der Waals surface area (Å²) < 4.78 is 4.75. The molecule has 1 aliphatic rings. The van der Waals surface area contributed by atoms with Crippen molar-refractivity contribution in [2.75, 3.05) is 13.3 Å². The number of carbonyl (C=O) groups is 1. The standard InChI is InChI=1S/C7H10N2O2/c1-2-11-7(10)6-3-4-8-5-9-6/h4H,2-3,5H2,1H3. The Balaban J connectivity index is 2.46. The third kappa shape index (κ3) is 2.14. The lowest BCUT2D eigenvalue weighted by Gasteiger charge is -2.04. The molecule has 0 atom stereocenters. The molecule has 1 heterocycles. The highest BCUT2D eigenvalue weighted by atomic mass is 16.5. The summed E-state index contributed by atoms with van der Waals surface area (Å²) in [5.74, 6) is -0.321. The van der Waals surface area contributed by atoms with E-state index in [2.05, 4.69) is 9.98 Å². The van der Waals surface area contributed by atoms with Crippen LogP contribution in [0.25, 0.3) is 0 Å². The first-order valence-electron chi connectivity index (χ1n) is 3.53. The predicted octanol–water partition coefficient (Wildman–Crippen LogP) is 0.422. The lowest BCUT2D eigenvalue weighted by Crippen LogP contribution is -2.20. The largest absolute Gasteiger partial charge is 0.462 e. The number of rotatable bonds is 2. The van der Waals surface area contributed by atoms with Gasteiger partial charge in [-0.1, -0.05) is 0 Å². The second-order valence-corrected chi connectivity index (χ2v) is 2.04. The number of ether oxygens (including phenoxy) is 1. The van der Waals surface area contributed by atoms with Gasteiger partial charge in [0.15, 0.2) is 0 Å². The van der Waals surface area contributed by atoms with Crippen molar-refractivity contribution in [2.45, 2.75) is 13.3 Å². The van der Waals surface area contributed by atoms with Gasteiger partial charge in [0.2, 0.25) is 0 Å². The number of nitrogens with zero attached hydrogens (tertiary/aromatic N) is 2. The van der Waals surface area contributed by atoms with E-state index < -0.39 is 0 Å². The van der Waals surface area contributed by atoms with Gasteiger partial charge < -0.3 is 4.74 Å². The van der Waals surface area contributed by atoms with Crippen LogP contribution in [-0.2, 0) is 9.53 Å². The summed E-state index contributed by atoms with van der Waals surface area (Å²) in [6.45, 7) is 2.53. The topological polar surface area (TPSA) is 51.0 Å². The molecule has 60 valence electrons. The number of esters is 1. The lowest BCUT2D eigenvalue weighted by molar-refractivity contribution is -0.135. The van der Waals surface area contributed by atoms with Gasteiger partial charge in [0.05, 0.1) is 6.61 Å². The first-order chi connectivity index (χ1) is 5.34. The first kappa shape index (κ1) is 7.91. The van der Waals surface area contributed by atoms with E-state index >= 15 is 0 Å². The maximum atomic E-state index is 11.0. The Bertz CT molecular complexity index is 208. The molecule has 0 aromatic heterocycles. The fourth-order valence-electron chi connectivity index (χ4n) is 0.762. The summed E-state index contributed by atoms with van der Waals surface area (Å²) >= 11 is 0. The monoisotopic (exact) mass is 154 g/mol. The Labute approximate surface area is 65.0 Å². The normalized spacial score (nSPS) is 15.9. The van der Waals surface area contributed by atoms with Crippen LogP contribution in [0.2, 0.25) is 0 Å². The molecule has 0 fully saturated rings. The molecular weight excluding hydrogens is 144 g/mol. The summed E-state index contributed by atoms with van der Waals surface area (Å²) in [5, 5.41) is 0. The first-order valence-corrected chi connectivity index (χ1v) is 3.53. The number of aliphatic imine (C=N–C) groups is 2. The predicted molar refractivity (Wildman–Crippen MR) is 42.0 cm³/mol. The van der Waals surface area contributed by atoms with Crippen molar-refractivity contribution in [2.24, 2.45) is 9.98 Å². The minimum atomic E-state index is -0.321. The smallest absolute Gasteiger partial charge is 0.352 e. The number of hydrogen-bond acceptors (Lipinski definition) is 4. The van der Waals surface area contributed by atoms with E-state index in [9.17, 15) is 4.79 Å². The lowest BCUT2D eigenvalue weighted by atomic mass is 10.3. The second kappa shape index (κ2) is 3.85.